The van der Waals surface area contributed by atoms with Gasteiger partial charge in [0.15, 0.2) is 0 Å². The number of ether oxygens (including phenoxy) is 2. The molecule has 1 saturated heterocycles. The highest BCUT2D eigenvalue weighted by Crippen LogP contribution is 2.16. The molecule has 0 aliphatic carbocycles. The molecule has 2 rings (SSSR count). The Bertz CT molecular complexity index is 554. The molecule has 0 unspecified atom stereocenters. The molecule has 1 fully saturated rings. The molecule has 0 atom stereocenters. The molecule has 1 aromatic carbocycles. The van der Waals surface area contributed by atoms with E-state index < -0.39 is 0 Å². The van der Waals surface area contributed by atoms with Crippen molar-refractivity contribution in [2.24, 2.45) is 0 Å². The van der Waals surface area contributed by atoms with E-state index in [2.05, 4.69) is 0 Å². The highest BCUT2D eigenvalue weighted by molar-refractivity contribution is 5.79. The van der Waals surface area contributed by atoms with Gasteiger partial charge in [0.05, 0.1) is 6.61 Å². The number of piperazine rings is 1. The van der Waals surface area contributed by atoms with Crippen molar-refractivity contribution >= 4 is 11.8 Å². The summed E-state index contributed by atoms with van der Waals surface area (Å²) >= 11 is 0. The summed E-state index contributed by atoms with van der Waals surface area (Å²) < 4.78 is 10.6. The zero-order valence-corrected chi connectivity index (χ0v) is 14.5. The largest absolute Gasteiger partial charge is 0.493 e. The second-order valence-corrected chi connectivity index (χ2v) is 5.91. The minimum Gasteiger partial charge on any atom is -0.493 e. The van der Waals surface area contributed by atoms with Crippen LogP contribution >= 0.6 is 0 Å². The third kappa shape index (κ3) is 5.23. The van der Waals surface area contributed by atoms with Crippen LogP contribution in [0.15, 0.2) is 24.3 Å². The van der Waals surface area contributed by atoms with Crippen LogP contribution < -0.4 is 4.74 Å². The van der Waals surface area contributed by atoms with Gasteiger partial charge in [0.2, 0.25) is 11.8 Å². The summed E-state index contributed by atoms with van der Waals surface area (Å²) in [5, 5.41) is 0. The van der Waals surface area contributed by atoms with Gasteiger partial charge in [-0.25, -0.2) is 0 Å². The van der Waals surface area contributed by atoms with E-state index in [1.165, 1.54) is 7.11 Å². The van der Waals surface area contributed by atoms with Crippen LogP contribution in [-0.2, 0) is 14.3 Å². The Morgan fingerprint density at radius 1 is 1.04 bits per heavy atom. The average molecular weight is 334 g/mol. The number of carbonyl (C=O) groups is 2. The van der Waals surface area contributed by atoms with Crippen LogP contribution in [0.2, 0.25) is 0 Å². The zero-order valence-electron chi connectivity index (χ0n) is 14.5. The zero-order chi connectivity index (χ0) is 17.4. The van der Waals surface area contributed by atoms with E-state index in [0.29, 0.717) is 45.6 Å². The lowest BCUT2D eigenvalue weighted by Gasteiger charge is -2.34. The highest BCUT2D eigenvalue weighted by atomic mass is 16.5. The number of benzene rings is 1. The van der Waals surface area contributed by atoms with Crippen LogP contribution in [0.25, 0.3) is 0 Å². The monoisotopic (exact) mass is 334 g/mol. The molecule has 0 bridgehead atoms. The van der Waals surface area contributed by atoms with Gasteiger partial charge in [0.1, 0.15) is 12.4 Å². The first-order valence-corrected chi connectivity index (χ1v) is 8.34. The summed E-state index contributed by atoms with van der Waals surface area (Å²) in [6.45, 7) is 4.97. The smallest absolute Gasteiger partial charge is 0.248 e. The van der Waals surface area contributed by atoms with Crippen molar-refractivity contribution in [3.8, 4) is 5.75 Å². The number of para-hydroxylation sites is 1. The van der Waals surface area contributed by atoms with Crippen molar-refractivity contribution in [3.63, 3.8) is 0 Å². The molecule has 1 heterocycles. The second kappa shape index (κ2) is 9.27. The first-order chi connectivity index (χ1) is 11.6. The van der Waals surface area contributed by atoms with Gasteiger partial charge in [-0.15, -0.1) is 0 Å². The molecule has 1 aromatic rings. The van der Waals surface area contributed by atoms with E-state index in [9.17, 15) is 9.59 Å². The Labute approximate surface area is 143 Å². The summed E-state index contributed by atoms with van der Waals surface area (Å²) in [5.41, 5.74) is 1.10. The van der Waals surface area contributed by atoms with Crippen LogP contribution in [0.1, 0.15) is 18.4 Å². The van der Waals surface area contributed by atoms with E-state index in [4.69, 9.17) is 9.47 Å². The quantitative estimate of drug-likeness (QED) is 0.709. The second-order valence-electron chi connectivity index (χ2n) is 5.91. The minimum atomic E-state index is -0.0174. The Hall–Kier alpha value is -2.08. The van der Waals surface area contributed by atoms with Crippen LogP contribution in [0.5, 0.6) is 5.75 Å². The van der Waals surface area contributed by atoms with Crippen molar-refractivity contribution in [3.05, 3.63) is 29.8 Å². The fraction of sp³-hybridized carbons (Fsp3) is 0.556. The molecule has 2 amide bonds. The molecule has 1 aliphatic rings. The van der Waals surface area contributed by atoms with Gasteiger partial charge in [-0.05, 0) is 25.0 Å². The standard InChI is InChI=1S/C18H26N2O4/c1-15-6-3-4-7-16(15)24-13-5-8-17(21)19-9-11-20(12-10-19)18(22)14-23-2/h3-4,6-7H,5,8-14H2,1-2H3. The van der Waals surface area contributed by atoms with Crippen molar-refractivity contribution in [2.45, 2.75) is 19.8 Å². The van der Waals surface area contributed by atoms with E-state index >= 15 is 0 Å². The number of nitrogens with zero attached hydrogens (tertiary/aromatic N) is 2. The lowest BCUT2D eigenvalue weighted by atomic mass is 10.2. The van der Waals surface area contributed by atoms with Crippen LogP contribution in [0.4, 0.5) is 0 Å². The maximum atomic E-state index is 12.2. The minimum absolute atomic E-state index is 0.0174. The maximum Gasteiger partial charge on any atom is 0.248 e. The first kappa shape index (κ1) is 18.3. The highest BCUT2D eigenvalue weighted by Gasteiger charge is 2.23. The fourth-order valence-corrected chi connectivity index (χ4v) is 2.70. The number of hydrogen-bond acceptors (Lipinski definition) is 4. The van der Waals surface area contributed by atoms with Crippen molar-refractivity contribution in [1.29, 1.82) is 0 Å². The molecular weight excluding hydrogens is 308 g/mol. The molecule has 0 saturated carbocycles. The number of carbonyl (C=O) groups excluding carboxylic acids is 2. The van der Waals surface area contributed by atoms with Gasteiger partial charge in [-0.3, -0.25) is 9.59 Å². The lowest BCUT2D eigenvalue weighted by Crippen LogP contribution is -2.51. The molecule has 132 valence electrons. The van der Waals surface area contributed by atoms with E-state index in [-0.39, 0.29) is 18.4 Å². The van der Waals surface area contributed by atoms with E-state index in [0.717, 1.165) is 11.3 Å². The SMILES string of the molecule is COCC(=O)N1CCN(C(=O)CCCOc2ccccc2C)CC1. The van der Waals surface area contributed by atoms with Crippen LogP contribution in [-0.4, -0.2) is 68.1 Å². The maximum absolute atomic E-state index is 12.2. The third-order valence-corrected chi connectivity index (χ3v) is 4.14. The van der Waals surface area contributed by atoms with Crippen LogP contribution in [0.3, 0.4) is 0 Å². The van der Waals surface area contributed by atoms with Crippen molar-refractivity contribution < 1.29 is 19.1 Å². The van der Waals surface area contributed by atoms with Crippen LogP contribution in [0, 0.1) is 6.92 Å². The van der Waals surface area contributed by atoms with Crippen molar-refractivity contribution in [1.82, 2.24) is 9.80 Å². The van der Waals surface area contributed by atoms with Gasteiger partial charge in [0.25, 0.3) is 0 Å². The molecule has 1 aliphatic heterocycles. The first-order valence-electron chi connectivity index (χ1n) is 8.34. The molecule has 24 heavy (non-hydrogen) atoms. The normalized spacial score (nSPS) is 14.6. The lowest BCUT2D eigenvalue weighted by molar-refractivity contribution is -0.141. The van der Waals surface area contributed by atoms with E-state index in [1.54, 1.807) is 4.90 Å². The third-order valence-electron chi connectivity index (χ3n) is 4.14. The predicted molar refractivity (Wildman–Crippen MR) is 90.9 cm³/mol. The molecule has 0 spiro atoms. The Morgan fingerprint density at radius 3 is 2.29 bits per heavy atom. The van der Waals surface area contributed by atoms with Gasteiger partial charge in [-0.1, -0.05) is 18.2 Å². The van der Waals surface area contributed by atoms with E-state index in [1.807, 2.05) is 36.1 Å². The number of aryl methyl sites for hydroxylation is 1. The van der Waals surface area contributed by atoms with Gasteiger partial charge in [0, 0.05) is 39.7 Å². The molecular formula is C18H26N2O4. The summed E-state index contributed by atoms with van der Waals surface area (Å²) in [6.07, 6.45) is 1.16. The van der Waals surface area contributed by atoms with Gasteiger partial charge in [-0.2, -0.15) is 0 Å². The van der Waals surface area contributed by atoms with Crippen molar-refractivity contribution in [2.75, 3.05) is 46.5 Å². The predicted octanol–water partition coefficient (Wildman–Crippen LogP) is 1.47. The Balaban J connectivity index is 1.65. The summed E-state index contributed by atoms with van der Waals surface area (Å²) in [4.78, 5) is 27.5. The van der Waals surface area contributed by atoms with Gasteiger partial charge >= 0.3 is 0 Å². The summed E-state index contributed by atoms with van der Waals surface area (Å²) in [6, 6.07) is 7.86. The van der Waals surface area contributed by atoms with Gasteiger partial charge < -0.3 is 19.3 Å². The summed E-state index contributed by atoms with van der Waals surface area (Å²) in [7, 11) is 1.51. The average Bonchev–Trinajstić information content (AvgIpc) is 2.60. The number of methoxy groups -OCH3 is 1. The molecule has 6 nitrogen and oxygen atoms in total. The molecule has 6 heteroatoms. The number of rotatable bonds is 7. The fourth-order valence-electron chi connectivity index (χ4n) is 2.70. The Morgan fingerprint density at radius 2 is 1.67 bits per heavy atom. The molecule has 0 aromatic heterocycles. The topological polar surface area (TPSA) is 59.1 Å². The number of amides is 2. The Kier molecular flexibility index (Phi) is 7.06. The molecule has 0 N–H and O–H groups in total. The molecule has 0 radical (unpaired) electrons. The number of hydrogen-bond donors (Lipinski definition) is 0. The summed E-state index contributed by atoms with van der Waals surface area (Å²) in [5.74, 6) is 0.980.